The highest BCUT2D eigenvalue weighted by molar-refractivity contribution is 6.58. The van der Waals surface area contributed by atoms with Crippen molar-refractivity contribution in [1.29, 1.82) is 0 Å². The van der Waals surface area contributed by atoms with E-state index in [1.54, 1.807) is 0 Å². The molecule has 11 nitrogen and oxygen atoms in total. The molecule has 0 amide bonds. The fraction of sp³-hybridized carbons (Fsp3) is 0.333. The number of hydrogen-bond acceptors (Lipinski definition) is 8. The molecule has 0 unspecified atom stereocenters. The number of aliphatic imine (C=N–C) groups is 1. The van der Waals surface area contributed by atoms with Gasteiger partial charge in [-0.15, -0.1) is 0 Å². The van der Waals surface area contributed by atoms with E-state index in [1.807, 2.05) is 48.5 Å². The summed E-state index contributed by atoms with van der Waals surface area (Å²) in [5, 5.41) is 19.2. The molecule has 3 aromatic rings. The number of fused-ring (bicyclic) bond motifs is 2. The molecule has 0 aliphatic carbocycles. The zero-order valence-electron chi connectivity index (χ0n) is 19.1. The first-order chi connectivity index (χ1) is 17.3. The molecule has 2 N–H and O–H groups in total. The average molecular weight is 479 g/mol. The Balaban J connectivity index is 1.26. The van der Waals surface area contributed by atoms with Gasteiger partial charge in [-0.25, -0.2) is 4.99 Å². The zero-order valence-corrected chi connectivity index (χ0v) is 19.1. The minimum absolute atomic E-state index is 0.0369. The monoisotopic (exact) mass is 478 g/mol. The van der Waals surface area contributed by atoms with Gasteiger partial charge in [0.05, 0.1) is 50.9 Å². The van der Waals surface area contributed by atoms with Crippen LogP contribution in [0.3, 0.4) is 0 Å². The lowest BCUT2D eigenvalue weighted by molar-refractivity contribution is -0.000225. The summed E-state index contributed by atoms with van der Waals surface area (Å²) < 4.78 is 16.2. The van der Waals surface area contributed by atoms with Crippen molar-refractivity contribution in [1.82, 2.24) is 4.98 Å². The SMILES string of the molecule is [N-]=[N+]=NCCOCCOCCOCCON=C1C(c2c(O)[nH]c3ccccc23)=Nc2ccccc21. The quantitative estimate of drug-likeness (QED) is 0.118. The van der Waals surface area contributed by atoms with Crippen LogP contribution in [0.4, 0.5) is 5.69 Å². The Bertz CT molecular complexity index is 1250. The molecule has 2 aromatic carbocycles. The number of H-pyrrole nitrogens is 1. The molecule has 1 aliphatic rings. The molecule has 0 saturated heterocycles. The second-order valence-corrected chi connectivity index (χ2v) is 7.44. The summed E-state index contributed by atoms with van der Waals surface area (Å²) >= 11 is 0. The van der Waals surface area contributed by atoms with E-state index in [2.05, 4.69) is 20.2 Å². The number of oxime groups is 1. The van der Waals surface area contributed by atoms with Gasteiger partial charge in [0.1, 0.15) is 18.0 Å². The van der Waals surface area contributed by atoms with Gasteiger partial charge in [0.25, 0.3) is 0 Å². The standard InChI is InChI=1S/C24H26N6O5/c25-30-26-9-10-32-11-12-33-13-14-34-15-16-35-29-22-18-6-2-4-8-20(18)27-23(22)21-17-5-1-3-7-19(17)28-24(21)31/h1-8,28,31H,9-16H2. The van der Waals surface area contributed by atoms with Crippen molar-refractivity contribution in [2.75, 3.05) is 52.8 Å². The lowest BCUT2D eigenvalue weighted by Gasteiger charge is -2.07. The van der Waals surface area contributed by atoms with Gasteiger partial charge in [0, 0.05) is 27.9 Å². The van der Waals surface area contributed by atoms with Crippen molar-refractivity contribution in [3.8, 4) is 5.88 Å². The summed E-state index contributed by atoms with van der Waals surface area (Å²) in [6.07, 6.45) is 0. The Labute approximate surface area is 201 Å². The summed E-state index contributed by atoms with van der Waals surface area (Å²) in [5.41, 5.74) is 12.3. The van der Waals surface area contributed by atoms with Crippen LogP contribution >= 0.6 is 0 Å². The van der Waals surface area contributed by atoms with Crippen molar-refractivity contribution < 1.29 is 24.2 Å². The molecule has 0 radical (unpaired) electrons. The zero-order chi connectivity index (χ0) is 24.3. The first kappa shape index (κ1) is 24.2. The molecule has 1 aliphatic heterocycles. The second kappa shape index (κ2) is 12.5. The number of hydrogen-bond donors (Lipinski definition) is 2. The summed E-state index contributed by atoms with van der Waals surface area (Å²) in [6.45, 7) is 2.99. The number of aromatic amines is 1. The third-order valence-corrected chi connectivity index (χ3v) is 5.16. The molecule has 4 rings (SSSR count). The van der Waals surface area contributed by atoms with Gasteiger partial charge >= 0.3 is 0 Å². The number of para-hydroxylation sites is 2. The van der Waals surface area contributed by atoms with E-state index in [-0.39, 0.29) is 12.5 Å². The third-order valence-electron chi connectivity index (χ3n) is 5.16. The minimum atomic E-state index is 0.0369. The second-order valence-electron chi connectivity index (χ2n) is 7.44. The van der Waals surface area contributed by atoms with Crippen LogP contribution in [0.25, 0.3) is 21.3 Å². The summed E-state index contributed by atoms with van der Waals surface area (Å²) in [5.74, 6) is 0.0369. The molecule has 0 spiro atoms. The average Bonchev–Trinajstić information content (AvgIpc) is 3.40. The number of nitrogens with zero attached hydrogens (tertiary/aromatic N) is 5. The van der Waals surface area contributed by atoms with E-state index < -0.39 is 0 Å². The highest BCUT2D eigenvalue weighted by Gasteiger charge is 2.29. The van der Waals surface area contributed by atoms with Crippen molar-refractivity contribution in [3.05, 3.63) is 70.1 Å². The van der Waals surface area contributed by atoms with Gasteiger partial charge in [-0.05, 0) is 17.7 Å². The molecule has 1 aromatic heterocycles. The summed E-state index contributed by atoms with van der Waals surface area (Å²) in [4.78, 5) is 15.9. The molecule has 35 heavy (non-hydrogen) atoms. The van der Waals surface area contributed by atoms with Gasteiger partial charge < -0.3 is 29.1 Å². The smallest absolute Gasteiger partial charge is 0.199 e. The Kier molecular flexibility index (Phi) is 8.68. The van der Waals surface area contributed by atoms with E-state index in [0.29, 0.717) is 63.2 Å². The van der Waals surface area contributed by atoms with Crippen LogP contribution in [0, 0.1) is 0 Å². The van der Waals surface area contributed by atoms with Crippen molar-refractivity contribution in [2.45, 2.75) is 0 Å². The Morgan fingerprint density at radius 2 is 1.57 bits per heavy atom. The number of azide groups is 1. The molecule has 2 heterocycles. The highest BCUT2D eigenvalue weighted by Crippen LogP contribution is 2.35. The molecular weight excluding hydrogens is 452 g/mol. The van der Waals surface area contributed by atoms with Crippen LogP contribution < -0.4 is 0 Å². The van der Waals surface area contributed by atoms with Crippen LogP contribution in [-0.4, -0.2) is 74.3 Å². The third kappa shape index (κ3) is 6.17. The van der Waals surface area contributed by atoms with Crippen LogP contribution in [-0.2, 0) is 19.0 Å². The Morgan fingerprint density at radius 1 is 0.886 bits per heavy atom. The van der Waals surface area contributed by atoms with Crippen molar-refractivity contribution in [3.63, 3.8) is 0 Å². The van der Waals surface area contributed by atoms with E-state index in [1.165, 1.54) is 0 Å². The molecule has 11 heteroatoms. The first-order valence-electron chi connectivity index (χ1n) is 11.2. The number of nitrogens with one attached hydrogen (secondary N) is 1. The normalized spacial score (nSPS) is 13.6. The van der Waals surface area contributed by atoms with E-state index >= 15 is 0 Å². The van der Waals surface area contributed by atoms with Gasteiger partial charge in [-0.3, -0.25) is 0 Å². The van der Waals surface area contributed by atoms with Gasteiger partial charge in [0.15, 0.2) is 5.88 Å². The van der Waals surface area contributed by atoms with Crippen LogP contribution in [0.1, 0.15) is 11.1 Å². The fourth-order valence-electron chi connectivity index (χ4n) is 3.60. The Morgan fingerprint density at radius 3 is 2.37 bits per heavy atom. The molecular formula is C24H26N6O5. The lowest BCUT2D eigenvalue weighted by atomic mass is 10.0. The molecule has 0 saturated carbocycles. The van der Waals surface area contributed by atoms with E-state index in [4.69, 9.17) is 29.6 Å². The lowest BCUT2D eigenvalue weighted by Crippen LogP contribution is -2.15. The number of rotatable bonds is 14. The van der Waals surface area contributed by atoms with Gasteiger partial charge in [-0.2, -0.15) is 0 Å². The predicted molar refractivity (Wildman–Crippen MR) is 132 cm³/mol. The molecule has 0 fully saturated rings. The van der Waals surface area contributed by atoms with Crippen LogP contribution in [0.2, 0.25) is 0 Å². The largest absolute Gasteiger partial charge is 0.494 e. The van der Waals surface area contributed by atoms with E-state index in [9.17, 15) is 5.11 Å². The summed E-state index contributed by atoms with van der Waals surface area (Å²) in [7, 11) is 0. The maximum Gasteiger partial charge on any atom is 0.199 e. The van der Waals surface area contributed by atoms with Crippen LogP contribution in [0.5, 0.6) is 5.88 Å². The Hall–Kier alpha value is -3.89. The number of aromatic hydroxyl groups is 1. The topological polar surface area (TPSA) is 146 Å². The number of aromatic nitrogens is 1. The number of benzene rings is 2. The van der Waals surface area contributed by atoms with Crippen molar-refractivity contribution >= 4 is 28.0 Å². The number of ether oxygens (including phenoxy) is 3. The van der Waals surface area contributed by atoms with Crippen LogP contribution in [0.15, 0.2) is 63.8 Å². The predicted octanol–water partition coefficient (Wildman–Crippen LogP) is 4.09. The maximum atomic E-state index is 10.6. The maximum absolute atomic E-state index is 10.6. The van der Waals surface area contributed by atoms with Gasteiger partial charge in [-0.1, -0.05) is 46.7 Å². The van der Waals surface area contributed by atoms with Crippen molar-refractivity contribution in [2.24, 2.45) is 15.3 Å². The van der Waals surface area contributed by atoms with Gasteiger partial charge in [0.2, 0.25) is 0 Å². The summed E-state index contributed by atoms with van der Waals surface area (Å²) in [6, 6.07) is 15.3. The first-order valence-corrected chi connectivity index (χ1v) is 11.2. The highest BCUT2D eigenvalue weighted by atomic mass is 16.6. The molecule has 182 valence electrons. The molecule has 0 bridgehead atoms. The van der Waals surface area contributed by atoms with E-state index in [0.717, 1.165) is 22.2 Å². The molecule has 0 atom stereocenters. The minimum Gasteiger partial charge on any atom is -0.494 e. The fourth-order valence-corrected chi connectivity index (χ4v) is 3.60.